The monoisotopic (exact) mass is 470 g/mol. The first-order valence-corrected chi connectivity index (χ1v) is 11.3. The number of hydrogen-bond acceptors (Lipinski definition) is 8. The van der Waals surface area contributed by atoms with Gasteiger partial charge in [0.25, 0.3) is 5.95 Å². The lowest BCUT2D eigenvalue weighted by molar-refractivity contribution is 0.248. The van der Waals surface area contributed by atoms with Crippen LogP contribution in [0.25, 0.3) is 11.4 Å². The topological polar surface area (TPSA) is 97.4 Å². The second-order valence-corrected chi connectivity index (χ2v) is 7.95. The summed E-state index contributed by atoms with van der Waals surface area (Å²) in [4.78, 5) is 11.2. The fourth-order valence-corrected chi connectivity index (χ4v) is 3.78. The molecule has 2 aliphatic rings. The number of ether oxygens (including phenoxy) is 3. The summed E-state index contributed by atoms with van der Waals surface area (Å²) in [5.74, 6) is 3.12. The van der Waals surface area contributed by atoms with Crippen molar-refractivity contribution in [2.45, 2.75) is 19.4 Å². The third-order valence-electron chi connectivity index (χ3n) is 5.62. The van der Waals surface area contributed by atoms with Crippen molar-refractivity contribution in [3.05, 3.63) is 96.6 Å². The Morgan fingerprint density at radius 1 is 1.17 bits per heavy atom. The van der Waals surface area contributed by atoms with Gasteiger partial charge in [-0.1, -0.05) is 35.9 Å². The normalized spacial score (nSPS) is 14.4. The van der Waals surface area contributed by atoms with E-state index in [4.69, 9.17) is 19.2 Å². The molecular weight excluding hydrogens is 444 g/mol. The van der Waals surface area contributed by atoms with Crippen molar-refractivity contribution in [3.63, 3.8) is 0 Å². The van der Waals surface area contributed by atoms with Crippen LogP contribution in [0, 0.1) is 0 Å². The molecule has 1 aliphatic heterocycles. The van der Waals surface area contributed by atoms with E-state index in [9.17, 15) is 0 Å². The first-order chi connectivity index (χ1) is 17.3. The van der Waals surface area contributed by atoms with Gasteiger partial charge in [0.15, 0.2) is 12.1 Å². The Kier molecular flexibility index (Phi) is 6.75. The Labute approximate surface area is 203 Å². The molecule has 0 atom stereocenters. The molecule has 1 aliphatic carbocycles. The maximum absolute atomic E-state index is 5.69. The van der Waals surface area contributed by atoms with Crippen LogP contribution in [0.15, 0.2) is 91.1 Å². The second-order valence-electron chi connectivity index (χ2n) is 7.95. The van der Waals surface area contributed by atoms with E-state index in [1.807, 2.05) is 41.3 Å². The first-order valence-electron chi connectivity index (χ1n) is 11.3. The van der Waals surface area contributed by atoms with Crippen LogP contribution in [0.5, 0.6) is 5.75 Å². The summed E-state index contributed by atoms with van der Waals surface area (Å²) in [5, 5.41) is 10.9. The average molecular weight is 471 g/mol. The lowest BCUT2D eigenvalue weighted by Crippen LogP contribution is -2.28. The number of rotatable bonds is 9. The third kappa shape index (κ3) is 5.35. The van der Waals surface area contributed by atoms with Crippen molar-refractivity contribution >= 4 is 11.8 Å². The zero-order chi connectivity index (χ0) is 23.9. The van der Waals surface area contributed by atoms with Crippen LogP contribution in [-0.4, -0.2) is 33.8 Å². The van der Waals surface area contributed by atoms with Crippen molar-refractivity contribution in [3.8, 4) is 17.1 Å². The molecule has 3 heterocycles. The van der Waals surface area contributed by atoms with Crippen molar-refractivity contribution < 1.29 is 14.2 Å². The van der Waals surface area contributed by atoms with E-state index < -0.39 is 0 Å². The molecule has 9 heteroatoms. The molecule has 2 aromatic heterocycles. The van der Waals surface area contributed by atoms with Gasteiger partial charge in [-0.25, -0.2) is 4.98 Å². The molecule has 3 aromatic rings. The van der Waals surface area contributed by atoms with E-state index in [0.717, 1.165) is 29.7 Å². The van der Waals surface area contributed by atoms with Crippen LogP contribution >= 0.6 is 0 Å². The highest BCUT2D eigenvalue weighted by molar-refractivity contribution is 5.70. The van der Waals surface area contributed by atoms with E-state index in [0.29, 0.717) is 36.6 Å². The molecule has 178 valence electrons. The number of pyridine rings is 1. The van der Waals surface area contributed by atoms with E-state index in [2.05, 4.69) is 38.7 Å². The Morgan fingerprint density at radius 3 is 2.86 bits per heavy atom. The number of nitrogens with one attached hydrogen (secondary N) is 2. The smallest absolute Gasteiger partial charge is 0.252 e. The van der Waals surface area contributed by atoms with Gasteiger partial charge in [0, 0.05) is 12.7 Å². The van der Waals surface area contributed by atoms with E-state index in [-0.39, 0.29) is 0 Å². The Balaban J connectivity index is 1.37. The predicted molar refractivity (Wildman–Crippen MR) is 133 cm³/mol. The molecule has 35 heavy (non-hydrogen) atoms. The molecule has 0 fully saturated rings. The molecule has 0 saturated carbocycles. The highest BCUT2D eigenvalue weighted by Crippen LogP contribution is 2.28. The first kappa shape index (κ1) is 22.3. The average Bonchev–Trinajstić information content (AvgIpc) is 3.42. The van der Waals surface area contributed by atoms with Crippen LogP contribution in [0.4, 0.5) is 11.8 Å². The summed E-state index contributed by atoms with van der Waals surface area (Å²) in [7, 11) is 1.66. The third-order valence-corrected chi connectivity index (χ3v) is 5.62. The van der Waals surface area contributed by atoms with Gasteiger partial charge in [0.1, 0.15) is 24.1 Å². The van der Waals surface area contributed by atoms with Crippen LogP contribution in [0.3, 0.4) is 0 Å². The number of allylic oxidation sites excluding steroid dienone is 3. The Bertz CT molecular complexity index is 1280. The Morgan fingerprint density at radius 2 is 2.09 bits per heavy atom. The Hall–Kier alpha value is -4.53. The lowest BCUT2D eigenvalue weighted by Gasteiger charge is -2.25. The number of anilines is 2. The minimum absolute atomic E-state index is 0.477. The minimum atomic E-state index is 0.477. The molecule has 1 aromatic carbocycles. The molecule has 0 unspecified atom stereocenters. The predicted octanol–water partition coefficient (Wildman–Crippen LogP) is 4.89. The van der Waals surface area contributed by atoms with Crippen molar-refractivity contribution in [1.29, 1.82) is 0 Å². The van der Waals surface area contributed by atoms with Crippen LogP contribution < -0.4 is 15.0 Å². The van der Waals surface area contributed by atoms with Gasteiger partial charge < -0.3 is 19.5 Å². The molecule has 9 nitrogen and oxygen atoms in total. The SMILES string of the molecule is COc1ccc(CNc2ncccc2-c2nc(N(CC3=CC=CCC3)C3=COC=CO3)n[nH]2)cc1. The molecular formula is C26H26N6O3. The van der Waals surface area contributed by atoms with Crippen molar-refractivity contribution in [1.82, 2.24) is 20.2 Å². The molecule has 0 amide bonds. The lowest BCUT2D eigenvalue weighted by atomic mass is 10.1. The van der Waals surface area contributed by atoms with Gasteiger partial charge in [-0.05, 0) is 42.7 Å². The highest BCUT2D eigenvalue weighted by atomic mass is 16.5. The molecule has 0 saturated heterocycles. The molecule has 5 rings (SSSR count). The zero-order valence-corrected chi connectivity index (χ0v) is 19.3. The number of benzene rings is 1. The van der Waals surface area contributed by atoms with Crippen LogP contribution in [0.1, 0.15) is 18.4 Å². The van der Waals surface area contributed by atoms with E-state index in [1.165, 1.54) is 18.1 Å². The summed E-state index contributed by atoms with van der Waals surface area (Å²) >= 11 is 0. The van der Waals surface area contributed by atoms with Gasteiger partial charge >= 0.3 is 0 Å². The van der Waals surface area contributed by atoms with Crippen LogP contribution in [0.2, 0.25) is 0 Å². The fourth-order valence-electron chi connectivity index (χ4n) is 3.78. The van der Waals surface area contributed by atoms with Crippen molar-refractivity contribution in [2.24, 2.45) is 0 Å². The number of aromatic nitrogens is 4. The number of methoxy groups -OCH3 is 1. The van der Waals surface area contributed by atoms with Crippen LogP contribution in [-0.2, 0) is 16.0 Å². The van der Waals surface area contributed by atoms with Gasteiger partial charge in [-0.2, -0.15) is 4.98 Å². The summed E-state index contributed by atoms with van der Waals surface area (Å²) in [6.45, 7) is 1.19. The number of aromatic amines is 1. The number of H-pyrrole nitrogens is 1. The number of nitrogens with zero attached hydrogens (tertiary/aromatic N) is 4. The van der Waals surface area contributed by atoms with Crippen molar-refractivity contribution in [2.75, 3.05) is 23.9 Å². The maximum atomic E-state index is 5.69. The van der Waals surface area contributed by atoms with Gasteiger partial charge in [-0.3, -0.25) is 10.00 Å². The fraction of sp³-hybridized carbons (Fsp3) is 0.192. The quantitative estimate of drug-likeness (QED) is 0.456. The number of hydrogen-bond donors (Lipinski definition) is 2. The van der Waals surface area contributed by atoms with Gasteiger partial charge in [-0.15, -0.1) is 5.10 Å². The summed E-state index contributed by atoms with van der Waals surface area (Å²) in [5.41, 5.74) is 3.17. The summed E-state index contributed by atoms with van der Waals surface area (Å²) in [6.07, 6.45) is 14.6. The standard InChI is InChI=1S/C26H26N6O3/c1-33-21-11-9-19(10-12-21)16-28-24-22(8-5-13-27-24)25-29-26(31-30-25)32(23-18-34-14-15-35-23)17-20-6-3-2-4-7-20/h2-3,5-6,8-15,18H,4,7,16-17H2,1H3,(H,27,28)(H,29,30,31). The summed E-state index contributed by atoms with van der Waals surface area (Å²) < 4.78 is 16.3. The molecule has 0 spiro atoms. The zero-order valence-electron chi connectivity index (χ0n) is 19.3. The molecule has 0 bridgehead atoms. The highest BCUT2D eigenvalue weighted by Gasteiger charge is 2.22. The molecule has 2 N–H and O–H groups in total. The van der Waals surface area contributed by atoms with E-state index in [1.54, 1.807) is 19.6 Å². The maximum Gasteiger partial charge on any atom is 0.252 e. The van der Waals surface area contributed by atoms with Gasteiger partial charge in [0.2, 0.25) is 5.88 Å². The minimum Gasteiger partial charge on any atom is -0.497 e. The molecule has 0 radical (unpaired) electrons. The second kappa shape index (κ2) is 10.6. The summed E-state index contributed by atoms with van der Waals surface area (Å²) in [6, 6.07) is 11.7. The van der Waals surface area contributed by atoms with E-state index >= 15 is 0 Å². The van der Waals surface area contributed by atoms with Gasteiger partial charge in [0.05, 0.1) is 19.2 Å². The largest absolute Gasteiger partial charge is 0.497 e.